The van der Waals surface area contributed by atoms with E-state index in [1.165, 1.54) is 0 Å². The molecule has 0 aromatic rings. The van der Waals surface area contributed by atoms with Crippen molar-refractivity contribution in [1.29, 1.82) is 0 Å². The summed E-state index contributed by atoms with van der Waals surface area (Å²) in [5, 5.41) is 3.57. The number of carbonyl (C=O) groups excluding carboxylic acids is 1. The van der Waals surface area contributed by atoms with Crippen LogP contribution >= 0.6 is 0 Å². The summed E-state index contributed by atoms with van der Waals surface area (Å²) in [5.41, 5.74) is -0.179. The fourth-order valence-corrected chi connectivity index (χ4v) is 2.82. The van der Waals surface area contributed by atoms with Gasteiger partial charge in [-0.05, 0) is 52.7 Å². The van der Waals surface area contributed by atoms with Gasteiger partial charge in [0, 0.05) is 6.04 Å². The van der Waals surface area contributed by atoms with Crippen molar-refractivity contribution in [3.8, 4) is 0 Å². The van der Waals surface area contributed by atoms with Crippen LogP contribution in [0.4, 0.5) is 0 Å². The Morgan fingerprint density at radius 2 is 2.00 bits per heavy atom. The fourth-order valence-electron chi connectivity index (χ4n) is 2.82. The number of amides is 1. The second-order valence-corrected chi connectivity index (χ2v) is 6.57. The van der Waals surface area contributed by atoms with Crippen LogP contribution in [0.25, 0.3) is 0 Å². The molecule has 0 radical (unpaired) electrons. The van der Waals surface area contributed by atoms with Crippen LogP contribution in [0.3, 0.4) is 0 Å². The minimum absolute atomic E-state index is 0.179. The zero-order valence-corrected chi connectivity index (χ0v) is 12.4. The Labute approximate surface area is 111 Å². The summed E-state index contributed by atoms with van der Waals surface area (Å²) in [4.78, 5) is 16.8. The van der Waals surface area contributed by atoms with Crippen LogP contribution in [0.2, 0.25) is 0 Å². The molecule has 1 saturated heterocycles. The van der Waals surface area contributed by atoms with Gasteiger partial charge in [0.15, 0.2) is 0 Å². The highest BCUT2D eigenvalue weighted by atomic mass is 16.2. The van der Waals surface area contributed by atoms with Crippen LogP contribution < -0.4 is 5.32 Å². The lowest BCUT2D eigenvalue weighted by Gasteiger charge is -2.33. The Kier molecular flexibility index (Phi) is 3.70. The van der Waals surface area contributed by atoms with Gasteiger partial charge in [0.25, 0.3) is 0 Å². The molecule has 2 unspecified atom stereocenters. The first-order valence-corrected chi connectivity index (χ1v) is 7.12. The number of carbonyl (C=O) groups is 1. The molecular formula is C14H27N3O. The summed E-state index contributed by atoms with van der Waals surface area (Å²) in [7, 11) is 4.16. The molecule has 2 rings (SSSR count). The first kappa shape index (κ1) is 13.8. The molecule has 1 spiro atoms. The van der Waals surface area contributed by atoms with E-state index in [1.54, 1.807) is 0 Å². The highest BCUT2D eigenvalue weighted by Crippen LogP contribution is 2.44. The average Bonchev–Trinajstić information content (AvgIpc) is 2.99. The van der Waals surface area contributed by atoms with E-state index in [1.807, 2.05) is 0 Å². The monoisotopic (exact) mass is 253 g/mol. The van der Waals surface area contributed by atoms with Gasteiger partial charge in [-0.2, -0.15) is 0 Å². The lowest BCUT2D eigenvalue weighted by atomic mass is 10.1. The van der Waals surface area contributed by atoms with E-state index < -0.39 is 0 Å². The number of nitrogens with one attached hydrogen (secondary N) is 1. The van der Waals surface area contributed by atoms with E-state index in [0.717, 1.165) is 25.8 Å². The van der Waals surface area contributed by atoms with Crippen molar-refractivity contribution in [1.82, 2.24) is 15.1 Å². The molecule has 0 bridgehead atoms. The van der Waals surface area contributed by atoms with E-state index in [9.17, 15) is 4.79 Å². The standard InChI is InChI=1S/C14H27N3O/c1-10(2)12-15-14(7-8-14)13(18)17(12)11(3)6-9-16(4)5/h10-12,15H,6-9H2,1-5H3. The zero-order chi connectivity index (χ0) is 13.5. The summed E-state index contributed by atoms with van der Waals surface area (Å²) in [5.74, 6) is 0.809. The Balaban J connectivity index is 2.05. The predicted molar refractivity (Wildman–Crippen MR) is 73.2 cm³/mol. The van der Waals surface area contributed by atoms with Gasteiger partial charge in [-0.25, -0.2) is 0 Å². The second-order valence-electron chi connectivity index (χ2n) is 6.57. The molecule has 2 atom stereocenters. The summed E-state index contributed by atoms with van der Waals surface area (Å²) < 4.78 is 0. The van der Waals surface area contributed by atoms with Gasteiger partial charge < -0.3 is 9.80 Å². The summed E-state index contributed by atoms with van der Waals surface area (Å²) in [6.45, 7) is 7.60. The van der Waals surface area contributed by atoms with Crippen LogP contribution in [0.5, 0.6) is 0 Å². The first-order valence-electron chi connectivity index (χ1n) is 7.12. The van der Waals surface area contributed by atoms with Gasteiger partial charge in [0.1, 0.15) is 0 Å². The van der Waals surface area contributed by atoms with Gasteiger partial charge in [-0.15, -0.1) is 0 Å². The van der Waals surface area contributed by atoms with Crippen LogP contribution in [-0.4, -0.2) is 54.1 Å². The molecule has 0 aromatic heterocycles. The second kappa shape index (κ2) is 4.82. The van der Waals surface area contributed by atoms with E-state index in [0.29, 0.717) is 17.9 Å². The van der Waals surface area contributed by atoms with Gasteiger partial charge in [-0.3, -0.25) is 10.1 Å². The van der Waals surface area contributed by atoms with Crippen molar-refractivity contribution in [3.05, 3.63) is 0 Å². The third-order valence-corrected chi connectivity index (χ3v) is 4.22. The highest BCUT2D eigenvalue weighted by molar-refractivity contribution is 5.92. The number of rotatable bonds is 5. The van der Waals surface area contributed by atoms with Crippen molar-refractivity contribution in [3.63, 3.8) is 0 Å². The number of hydrogen-bond acceptors (Lipinski definition) is 3. The fraction of sp³-hybridized carbons (Fsp3) is 0.929. The van der Waals surface area contributed by atoms with Crippen molar-refractivity contribution in [2.75, 3.05) is 20.6 Å². The van der Waals surface area contributed by atoms with Crippen LogP contribution in [-0.2, 0) is 4.79 Å². The number of hydrogen-bond donors (Lipinski definition) is 1. The molecule has 1 N–H and O–H groups in total. The maximum atomic E-state index is 12.5. The van der Waals surface area contributed by atoms with Gasteiger partial charge in [0.2, 0.25) is 5.91 Å². The van der Waals surface area contributed by atoms with Crippen LogP contribution in [0.15, 0.2) is 0 Å². The zero-order valence-electron chi connectivity index (χ0n) is 12.4. The first-order chi connectivity index (χ1) is 8.37. The Morgan fingerprint density at radius 3 is 2.44 bits per heavy atom. The molecule has 4 heteroatoms. The van der Waals surface area contributed by atoms with Crippen molar-refractivity contribution >= 4 is 5.91 Å². The minimum atomic E-state index is -0.179. The summed E-state index contributed by atoms with van der Waals surface area (Å²) in [6.07, 6.45) is 3.30. The van der Waals surface area contributed by atoms with Crippen molar-refractivity contribution in [2.45, 2.75) is 57.8 Å². The third-order valence-electron chi connectivity index (χ3n) is 4.22. The lowest BCUT2D eigenvalue weighted by Crippen LogP contribution is -2.47. The van der Waals surface area contributed by atoms with Crippen molar-refractivity contribution in [2.24, 2.45) is 5.92 Å². The smallest absolute Gasteiger partial charge is 0.244 e. The van der Waals surface area contributed by atoms with Gasteiger partial charge in [-0.1, -0.05) is 13.8 Å². The molecule has 18 heavy (non-hydrogen) atoms. The topological polar surface area (TPSA) is 35.6 Å². The van der Waals surface area contributed by atoms with E-state index in [2.05, 4.69) is 50.0 Å². The van der Waals surface area contributed by atoms with Crippen molar-refractivity contribution < 1.29 is 4.79 Å². The maximum absolute atomic E-state index is 12.5. The lowest BCUT2D eigenvalue weighted by molar-refractivity contribution is -0.133. The quantitative estimate of drug-likeness (QED) is 0.801. The maximum Gasteiger partial charge on any atom is 0.244 e. The molecular weight excluding hydrogens is 226 g/mol. The molecule has 2 aliphatic rings. The highest BCUT2D eigenvalue weighted by Gasteiger charge is 2.60. The minimum Gasteiger partial charge on any atom is -0.323 e. The third kappa shape index (κ3) is 2.41. The average molecular weight is 253 g/mol. The van der Waals surface area contributed by atoms with E-state index >= 15 is 0 Å². The molecule has 1 heterocycles. The summed E-state index contributed by atoms with van der Waals surface area (Å²) in [6, 6.07) is 0.319. The predicted octanol–water partition coefficient (Wildman–Crippen LogP) is 1.27. The summed E-state index contributed by atoms with van der Waals surface area (Å²) >= 11 is 0. The molecule has 0 aromatic carbocycles. The largest absolute Gasteiger partial charge is 0.323 e. The number of nitrogens with zero attached hydrogens (tertiary/aromatic N) is 2. The molecule has 4 nitrogen and oxygen atoms in total. The Morgan fingerprint density at radius 1 is 1.39 bits per heavy atom. The normalized spacial score (nSPS) is 27.6. The SMILES string of the molecule is CC(C)C1NC2(CC2)C(=O)N1C(C)CCN(C)C. The van der Waals surface area contributed by atoms with Gasteiger partial charge >= 0.3 is 0 Å². The van der Waals surface area contributed by atoms with E-state index in [-0.39, 0.29) is 11.7 Å². The Bertz CT molecular complexity index is 323. The van der Waals surface area contributed by atoms with Crippen LogP contribution in [0.1, 0.15) is 40.0 Å². The van der Waals surface area contributed by atoms with Gasteiger partial charge in [0.05, 0.1) is 11.7 Å². The molecule has 104 valence electrons. The molecule has 1 saturated carbocycles. The van der Waals surface area contributed by atoms with Crippen LogP contribution in [0, 0.1) is 5.92 Å². The molecule has 1 aliphatic heterocycles. The van der Waals surface area contributed by atoms with E-state index in [4.69, 9.17) is 0 Å². The molecule has 1 amide bonds. The Hall–Kier alpha value is -0.610. The molecule has 2 fully saturated rings. The molecule has 1 aliphatic carbocycles.